The topological polar surface area (TPSA) is 105 Å². The molecule has 1 radical (unpaired) electrons. The van der Waals surface area contributed by atoms with E-state index in [0.717, 1.165) is 17.7 Å². The minimum Gasteiger partial charge on any atom is -0.645 e. The second-order valence-electron chi connectivity index (χ2n) is 2.67. The van der Waals surface area contributed by atoms with Crippen LogP contribution >= 0.6 is 43.2 Å². The summed E-state index contributed by atoms with van der Waals surface area (Å²) in [4.78, 5) is 39.9. The van der Waals surface area contributed by atoms with Gasteiger partial charge in [0.1, 0.15) is 23.8 Å². The number of methoxy groups -OCH3 is 1. The van der Waals surface area contributed by atoms with Gasteiger partial charge in [-0.2, -0.15) is 0 Å². The zero-order valence-electron chi connectivity index (χ0n) is 12.3. The summed E-state index contributed by atoms with van der Waals surface area (Å²) in [7, 11) is 6.84. The van der Waals surface area contributed by atoms with Gasteiger partial charge >= 0.3 is 5.97 Å². The molecule has 0 saturated carbocycles. The number of ether oxygens (including phenoxy) is 4. The molecule has 23 heavy (non-hydrogen) atoms. The number of Topliss-reactive ketones (excluding diaryl/α,β-unsaturated/α-hetero) is 1. The van der Waals surface area contributed by atoms with Gasteiger partial charge in [0.25, 0.3) is 0 Å². The van der Waals surface area contributed by atoms with Gasteiger partial charge in [-0.25, -0.2) is 4.79 Å². The van der Waals surface area contributed by atoms with Crippen LogP contribution in [-0.2, 0) is 70.8 Å². The van der Waals surface area contributed by atoms with Crippen LogP contribution < -0.4 is 0 Å². The summed E-state index contributed by atoms with van der Waals surface area (Å²) in [6, 6.07) is 0. The third-order valence-electron chi connectivity index (χ3n) is 1.19. The average molecular weight is 479 g/mol. The van der Waals surface area contributed by atoms with E-state index in [4.69, 9.17) is 4.74 Å². The summed E-state index contributed by atoms with van der Waals surface area (Å²) in [6.45, 7) is 3.69. The normalized spacial score (nSPS) is 8.61. The Morgan fingerprint density at radius 3 is 1.70 bits per heavy atom. The van der Waals surface area contributed by atoms with E-state index >= 15 is 0 Å². The molecule has 0 spiro atoms. The van der Waals surface area contributed by atoms with E-state index in [1.807, 2.05) is 0 Å². The maximum absolute atomic E-state index is 10.5. The molecule has 0 aromatic carbocycles. The molecule has 0 saturated heterocycles. The fourth-order valence-electron chi connectivity index (χ4n) is 0.460. The smallest absolute Gasteiger partial charge is 0.375 e. The Labute approximate surface area is 175 Å². The number of esters is 1. The molecule has 0 fully saturated rings. The SMILES string of the molecule is CC(=O)C(=O)OCSSCO[C-]=O.COCSSCO[C-]=O.[Y]. The third-order valence-corrected chi connectivity index (χ3v) is 4.65. The first-order valence-electron chi connectivity index (χ1n) is 5.23. The molecule has 0 bridgehead atoms. The first-order valence-corrected chi connectivity index (χ1v) is 10.2. The molecule has 0 aromatic heterocycles. The van der Waals surface area contributed by atoms with Crippen LogP contribution in [0.3, 0.4) is 0 Å². The van der Waals surface area contributed by atoms with Crippen LogP contribution in [0.5, 0.6) is 0 Å². The zero-order chi connectivity index (χ0) is 17.1. The fraction of sp³-hybridized carbons (Fsp3) is 0.600. The van der Waals surface area contributed by atoms with Crippen LogP contribution in [0.4, 0.5) is 0 Å². The minimum atomic E-state index is -0.865. The van der Waals surface area contributed by atoms with E-state index in [1.165, 1.54) is 45.3 Å². The monoisotopic (exact) mass is 479 g/mol. The van der Waals surface area contributed by atoms with Crippen molar-refractivity contribution in [3.63, 3.8) is 0 Å². The molecule has 0 amide bonds. The predicted octanol–water partition coefficient (Wildman–Crippen LogP) is 1.51. The summed E-state index contributed by atoms with van der Waals surface area (Å²) in [5.74, 6) is -0.388. The summed E-state index contributed by atoms with van der Waals surface area (Å²) in [5, 5.41) is 0. The second kappa shape index (κ2) is 24.8. The molecule has 0 aliphatic heterocycles. The average Bonchev–Trinajstić information content (AvgIpc) is 2.51. The molecule has 0 atom stereocenters. The summed E-state index contributed by atoms with van der Waals surface area (Å²) in [6.07, 6.45) is 0. The van der Waals surface area contributed by atoms with Crippen molar-refractivity contribution in [2.75, 3.05) is 30.9 Å². The molecule has 0 unspecified atom stereocenters. The van der Waals surface area contributed by atoms with Crippen molar-refractivity contribution in [3.8, 4) is 0 Å². The summed E-state index contributed by atoms with van der Waals surface area (Å²) >= 11 is 0. The fourth-order valence-corrected chi connectivity index (χ4v) is 2.71. The maximum atomic E-state index is 10.5. The van der Waals surface area contributed by atoms with E-state index in [1.54, 1.807) is 7.11 Å². The van der Waals surface area contributed by atoms with Crippen molar-refractivity contribution in [2.45, 2.75) is 6.92 Å². The standard InChI is InChI=1S/C6H7O5S2.C4H7O3S2.Y/c1-5(8)6(9)11-4-13-12-3-10-2-7;1-6-3-8-9-4-7-2-5;/h3-4H2,1H3;3-4H2,1H3;/q2*-1;. The molecule has 0 rings (SSSR count). The van der Waals surface area contributed by atoms with Crippen molar-refractivity contribution in [2.24, 2.45) is 0 Å². The quantitative estimate of drug-likeness (QED) is 0.0727. The van der Waals surface area contributed by atoms with Gasteiger partial charge in [-0.3, -0.25) is 4.79 Å². The molecule has 13 heteroatoms. The van der Waals surface area contributed by atoms with E-state index in [9.17, 15) is 19.2 Å². The number of carbonyl (C=O) groups is 2. The van der Waals surface area contributed by atoms with Crippen molar-refractivity contribution in [1.82, 2.24) is 0 Å². The van der Waals surface area contributed by atoms with Crippen LogP contribution in [0.15, 0.2) is 0 Å². The largest absolute Gasteiger partial charge is 0.645 e. The van der Waals surface area contributed by atoms with Gasteiger partial charge in [0, 0.05) is 46.7 Å². The van der Waals surface area contributed by atoms with Gasteiger partial charge in [-0.05, 0) is 10.8 Å². The Hall–Kier alpha value is 0.544. The van der Waals surface area contributed by atoms with Crippen LogP contribution in [0.1, 0.15) is 6.92 Å². The Morgan fingerprint density at radius 1 is 0.870 bits per heavy atom. The Kier molecular flexibility index (Phi) is 30.6. The third kappa shape index (κ3) is 27.7. The number of ketones is 1. The van der Waals surface area contributed by atoms with E-state index in [-0.39, 0.29) is 44.6 Å². The van der Waals surface area contributed by atoms with Gasteiger partial charge in [-0.15, -0.1) is 0 Å². The number of rotatable bonds is 13. The minimum absolute atomic E-state index is 0. The second-order valence-corrected chi connectivity index (χ2v) is 7.39. The Morgan fingerprint density at radius 2 is 1.30 bits per heavy atom. The molecule has 0 aromatic rings. The molecule has 131 valence electrons. The van der Waals surface area contributed by atoms with Crippen molar-refractivity contribution < 1.29 is 70.8 Å². The molecule has 0 aliphatic carbocycles. The number of hydrogen-bond donors (Lipinski definition) is 0. The number of carbonyl (C=O) groups excluding carboxylic acids is 4. The first-order chi connectivity index (χ1) is 10.6. The van der Waals surface area contributed by atoms with Crippen LogP contribution in [-0.4, -0.2) is 55.6 Å². The van der Waals surface area contributed by atoms with Crippen LogP contribution in [0, 0.1) is 0 Å². The summed E-state index contributed by atoms with van der Waals surface area (Å²) in [5.41, 5.74) is 0. The van der Waals surface area contributed by atoms with Crippen LogP contribution in [0.2, 0.25) is 0 Å². The van der Waals surface area contributed by atoms with E-state index in [0.29, 0.717) is 11.9 Å². The van der Waals surface area contributed by atoms with Crippen LogP contribution in [0.25, 0.3) is 0 Å². The van der Waals surface area contributed by atoms with Crippen molar-refractivity contribution in [1.29, 1.82) is 0 Å². The van der Waals surface area contributed by atoms with Crippen molar-refractivity contribution in [3.05, 3.63) is 0 Å². The zero-order valence-corrected chi connectivity index (χ0v) is 18.4. The van der Waals surface area contributed by atoms with Gasteiger partial charge < -0.3 is 28.5 Å². The Balaban J connectivity index is -0.000000354. The number of hydrogen-bond acceptors (Lipinski definition) is 12. The molecule has 0 N–H and O–H groups in total. The van der Waals surface area contributed by atoms with Gasteiger partial charge in [-0.1, -0.05) is 45.3 Å². The summed E-state index contributed by atoms with van der Waals surface area (Å²) < 4.78 is 17.7. The van der Waals surface area contributed by atoms with Gasteiger partial charge in [0.05, 0.1) is 0 Å². The predicted molar refractivity (Wildman–Crippen MR) is 87.2 cm³/mol. The van der Waals surface area contributed by atoms with E-state index < -0.39 is 11.8 Å². The molecule has 0 aliphatic rings. The van der Waals surface area contributed by atoms with Crippen molar-refractivity contribution >= 4 is 67.9 Å². The Bertz CT molecular complexity index is 321. The maximum Gasteiger partial charge on any atom is 0.375 e. The molecular formula is C10H14O8S4Y-2. The van der Waals surface area contributed by atoms with E-state index in [2.05, 4.69) is 14.2 Å². The molecular weight excluding hydrogens is 465 g/mol. The first kappa shape index (κ1) is 28.4. The molecule has 8 nitrogen and oxygen atoms in total. The molecule has 0 heterocycles. The van der Waals surface area contributed by atoms with Gasteiger partial charge in [0.2, 0.25) is 5.78 Å². The van der Waals surface area contributed by atoms with Gasteiger partial charge in [0.15, 0.2) is 0 Å².